The van der Waals surface area contributed by atoms with Gasteiger partial charge < -0.3 is 10.1 Å². The van der Waals surface area contributed by atoms with E-state index in [0.717, 1.165) is 22.9 Å². The van der Waals surface area contributed by atoms with Crippen LogP contribution in [0, 0.1) is 0 Å². The maximum Gasteiger partial charge on any atom is 0.322 e. The minimum Gasteiger partial charge on any atom is -0.468 e. The summed E-state index contributed by atoms with van der Waals surface area (Å²) in [6.07, 6.45) is 1.74. The fourth-order valence-electron chi connectivity index (χ4n) is 1.62. The van der Waals surface area contributed by atoms with Gasteiger partial charge in [0.2, 0.25) is 0 Å². The van der Waals surface area contributed by atoms with Gasteiger partial charge in [-0.05, 0) is 24.1 Å². The molecule has 4 heteroatoms. The Morgan fingerprint density at radius 3 is 2.88 bits per heavy atom. The molecule has 0 amide bonds. The van der Waals surface area contributed by atoms with Crippen molar-refractivity contribution in [1.29, 1.82) is 0 Å². The normalized spacial score (nSPS) is 12.2. The predicted octanol–water partition coefficient (Wildman–Crippen LogP) is 2.88. The van der Waals surface area contributed by atoms with Crippen LogP contribution in [-0.2, 0) is 16.1 Å². The molecule has 1 N–H and O–H groups in total. The van der Waals surface area contributed by atoms with Crippen LogP contribution in [0.5, 0.6) is 0 Å². The monoisotopic (exact) mass is 299 g/mol. The summed E-state index contributed by atoms with van der Waals surface area (Å²) in [7, 11) is 1.42. The first-order valence-electron chi connectivity index (χ1n) is 5.73. The van der Waals surface area contributed by atoms with Crippen molar-refractivity contribution in [2.45, 2.75) is 32.4 Å². The summed E-state index contributed by atoms with van der Waals surface area (Å²) >= 11 is 3.42. The van der Waals surface area contributed by atoms with E-state index in [4.69, 9.17) is 4.74 Å². The van der Waals surface area contributed by atoms with Crippen molar-refractivity contribution < 1.29 is 9.53 Å². The summed E-state index contributed by atoms with van der Waals surface area (Å²) in [4.78, 5) is 11.5. The van der Waals surface area contributed by atoms with Crippen molar-refractivity contribution in [2.75, 3.05) is 7.11 Å². The minimum atomic E-state index is -0.219. The first kappa shape index (κ1) is 14.2. The van der Waals surface area contributed by atoms with E-state index in [2.05, 4.69) is 28.2 Å². The van der Waals surface area contributed by atoms with Gasteiger partial charge in [-0.25, -0.2) is 0 Å². The second kappa shape index (κ2) is 7.45. The van der Waals surface area contributed by atoms with E-state index >= 15 is 0 Å². The van der Waals surface area contributed by atoms with Gasteiger partial charge in [-0.15, -0.1) is 0 Å². The molecule has 17 heavy (non-hydrogen) atoms. The summed E-state index contributed by atoms with van der Waals surface area (Å²) in [5.41, 5.74) is 1.14. The molecule has 0 saturated heterocycles. The van der Waals surface area contributed by atoms with Crippen LogP contribution in [0.2, 0.25) is 0 Å². The molecule has 0 spiro atoms. The highest BCUT2D eigenvalue weighted by molar-refractivity contribution is 9.10. The lowest BCUT2D eigenvalue weighted by molar-refractivity contribution is -0.143. The zero-order chi connectivity index (χ0) is 12.7. The minimum absolute atomic E-state index is 0.193. The van der Waals surface area contributed by atoms with E-state index in [1.807, 2.05) is 24.3 Å². The third-order valence-electron chi connectivity index (χ3n) is 2.50. The SMILES string of the molecule is CCC[C@@H](NCc1cccc(Br)c1)C(=O)OC. The van der Waals surface area contributed by atoms with Gasteiger partial charge in [-0.2, -0.15) is 0 Å². The predicted molar refractivity (Wildman–Crippen MR) is 71.7 cm³/mol. The molecule has 0 aliphatic heterocycles. The quantitative estimate of drug-likeness (QED) is 0.821. The summed E-state index contributed by atoms with van der Waals surface area (Å²) in [6.45, 7) is 2.72. The lowest BCUT2D eigenvalue weighted by atomic mass is 10.1. The van der Waals surface area contributed by atoms with Crippen LogP contribution in [-0.4, -0.2) is 19.1 Å². The molecule has 1 rings (SSSR count). The molecular weight excluding hydrogens is 282 g/mol. The number of esters is 1. The van der Waals surface area contributed by atoms with Crippen molar-refractivity contribution in [3.05, 3.63) is 34.3 Å². The maximum atomic E-state index is 11.5. The zero-order valence-corrected chi connectivity index (χ0v) is 11.8. The van der Waals surface area contributed by atoms with Crippen LogP contribution < -0.4 is 5.32 Å². The third-order valence-corrected chi connectivity index (χ3v) is 3.00. The average Bonchev–Trinajstić information content (AvgIpc) is 2.33. The number of hydrogen-bond acceptors (Lipinski definition) is 3. The fraction of sp³-hybridized carbons (Fsp3) is 0.462. The molecule has 0 aliphatic carbocycles. The second-order valence-electron chi connectivity index (χ2n) is 3.88. The van der Waals surface area contributed by atoms with E-state index in [-0.39, 0.29) is 12.0 Å². The molecule has 0 aromatic heterocycles. The first-order chi connectivity index (χ1) is 8.17. The molecular formula is C13H18BrNO2. The van der Waals surface area contributed by atoms with Crippen molar-refractivity contribution in [1.82, 2.24) is 5.32 Å². The number of nitrogens with one attached hydrogen (secondary N) is 1. The lowest BCUT2D eigenvalue weighted by Gasteiger charge is -2.15. The van der Waals surface area contributed by atoms with Gasteiger partial charge in [0.05, 0.1) is 7.11 Å². The number of benzene rings is 1. The molecule has 0 aliphatic rings. The number of halogens is 1. The molecule has 1 aromatic carbocycles. The molecule has 0 heterocycles. The highest BCUT2D eigenvalue weighted by atomic mass is 79.9. The first-order valence-corrected chi connectivity index (χ1v) is 6.52. The standard InChI is InChI=1S/C13H18BrNO2/c1-3-5-12(13(16)17-2)15-9-10-6-4-7-11(14)8-10/h4,6-8,12,15H,3,5,9H2,1-2H3/t12-/m1/s1. The number of carbonyl (C=O) groups excluding carboxylic acids is 1. The van der Waals surface area contributed by atoms with Gasteiger partial charge in [0, 0.05) is 11.0 Å². The Bertz CT molecular complexity index is 368. The average molecular weight is 300 g/mol. The van der Waals surface area contributed by atoms with Crippen LogP contribution in [0.25, 0.3) is 0 Å². The Morgan fingerprint density at radius 2 is 2.29 bits per heavy atom. The Kier molecular flexibility index (Phi) is 6.22. The van der Waals surface area contributed by atoms with Crippen LogP contribution in [0.1, 0.15) is 25.3 Å². The summed E-state index contributed by atoms with van der Waals surface area (Å²) in [5.74, 6) is -0.193. The van der Waals surface area contributed by atoms with E-state index in [9.17, 15) is 4.79 Å². The number of rotatable bonds is 6. The summed E-state index contributed by atoms with van der Waals surface area (Å²) in [5, 5.41) is 3.22. The number of hydrogen-bond donors (Lipinski definition) is 1. The number of methoxy groups -OCH3 is 1. The van der Waals surface area contributed by atoms with Crippen LogP contribution >= 0.6 is 15.9 Å². The van der Waals surface area contributed by atoms with Gasteiger partial charge in [-0.3, -0.25) is 4.79 Å². The highest BCUT2D eigenvalue weighted by Crippen LogP contribution is 2.12. The van der Waals surface area contributed by atoms with Crippen molar-refractivity contribution in [2.24, 2.45) is 0 Å². The molecule has 3 nitrogen and oxygen atoms in total. The van der Waals surface area contributed by atoms with E-state index < -0.39 is 0 Å². The second-order valence-corrected chi connectivity index (χ2v) is 4.79. The van der Waals surface area contributed by atoms with E-state index in [1.54, 1.807) is 0 Å². The Balaban J connectivity index is 2.54. The van der Waals surface area contributed by atoms with E-state index in [0.29, 0.717) is 6.54 Å². The lowest BCUT2D eigenvalue weighted by Crippen LogP contribution is -2.37. The summed E-state index contributed by atoms with van der Waals surface area (Å²) in [6, 6.07) is 7.80. The molecule has 0 saturated carbocycles. The van der Waals surface area contributed by atoms with Crippen molar-refractivity contribution in [3.63, 3.8) is 0 Å². The number of carbonyl (C=O) groups is 1. The fourth-order valence-corrected chi connectivity index (χ4v) is 2.07. The smallest absolute Gasteiger partial charge is 0.322 e. The van der Waals surface area contributed by atoms with Crippen LogP contribution in [0.15, 0.2) is 28.7 Å². The largest absolute Gasteiger partial charge is 0.468 e. The molecule has 1 atom stereocenters. The molecule has 0 bridgehead atoms. The van der Waals surface area contributed by atoms with Crippen LogP contribution in [0.4, 0.5) is 0 Å². The van der Waals surface area contributed by atoms with Gasteiger partial charge in [0.25, 0.3) is 0 Å². The Morgan fingerprint density at radius 1 is 1.53 bits per heavy atom. The topological polar surface area (TPSA) is 38.3 Å². The zero-order valence-electron chi connectivity index (χ0n) is 10.2. The van der Waals surface area contributed by atoms with E-state index in [1.165, 1.54) is 7.11 Å². The van der Waals surface area contributed by atoms with Gasteiger partial charge in [0.1, 0.15) is 6.04 Å². The maximum absolute atomic E-state index is 11.5. The van der Waals surface area contributed by atoms with Crippen molar-refractivity contribution >= 4 is 21.9 Å². The molecule has 0 radical (unpaired) electrons. The number of ether oxygens (including phenoxy) is 1. The van der Waals surface area contributed by atoms with Gasteiger partial charge in [-0.1, -0.05) is 41.4 Å². The Labute approximate surface area is 111 Å². The molecule has 0 unspecified atom stereocenters. The molecule has 0 fully saturated rings. The van der Waals surface area contributed by atoms with Crippen LogP contribution in [0.3, 0.4) is 0 Å². The third kappa shape index (κ3) is 4.88. The molecule has 1 aromatic rings. The Hall–Kier alpha value is -0.870. The summed E-state index contributed by atoms with van der Waals surface area (Å²) < 4.78 is 5.81. The highest BCUT2D eigenvalue weighted by Gasteiger charge is 2.16. The molecule has 94 valence electrons. The van der Waals surface area contributed by atoms with Gasteiger partial charge >= 0.3 is 5.97 Å². The van der Waals surface area contributed by atoms with Crippen molar-refractivity contribution in [3.8, 4) is 0 Å². The van der Waals surface area contributed by atoms with Gasteiger partial charge in [0.15, 0.2) is 0 Å².